The van der Waals surface area contributed by atoms with E-state index in [0.29, 0.717) is 22.9 Å². The summed E-state index contributed by atoms with van der Waals surface area (Å²) in [6.07, 6.45) is -0.0967. The van der Waals surface area contributed by atoms with Gasteiger partial charge in [0, 0.05) is 12.2 Å². The summed E-state index contributed by atoms with van der Waals surface area (Å²) >= 11 is 0. The second-order valence-corrected chi connectivity index (χ2v) is 7.73. The van der Waals surface area contributed by atoms with Gasteiger partial charge in [0.05, 0.1) is 12.1 Å². The van der Waals surface area contributed by atoms with Crippen LogP contribution in [0, 0.1) is 0 Å². The molecule has 2 aliphatic heterocycles. The monoisotopic (exact) mass is 443 g/mol. The second-order valence-electron chi connectivity index (χ2n) is 7.73. The molecule has 33 heavy (non-hydrogen) atoms. The van der Waals surface area contributed by atoms with Crippen LogP contribution in [0.25, 0.3) is 0 Å². The molecule has 5 rings (SSSR count). The molecule has 2 aliphatic rings. The van der Waals surface area contributed by atoms with Crippen molar-refractivity contribution in [1.29, 1.82) is 0 Å². The number of imide groups is 1. The van der Waals surface area contributed by atoms with Crippen molar-refractivity contribution < 1.29 is 23.9 Å². The van der Waals surface area contributed by atoms with E-state index in [4.69, 9.17) is 9.47 Å². The van der Waals surface area contributed by atoms with E-state index in [0.717, 1.165) is 10.5 Å². The number of benzene rings is 3. The Morgan fingerprint density at radius 2 is 1.64 bits per heavy atom. The van der Waals surface area contributed by atoms with Crippen LogP contribution >= 0.6 is 0 Å². The molecule has 0 spiro atoms. The zero-order chi connectivity index (χ0) is 22.8. The summed E-state index contributed by atoms with van der Waals surface area (Å²) in [4.78, 5) is 42.0. The molecule has 8 heteroatoms. The maximum Gasteiger partial charge on any atom is 0.322 e. The van der Waals surface area contributed by atoms with Gasteiger partial charge in [0.25, 0.3) is 5.91 Å². The van der Waals surface area contributed by atoms with E-state index in [2.05, 4.69) is 5.32 Å². The molecule has 0 bridgehead atoms. The van der Waals surface area contributed by atoms with Gasteiger partial charge in [0.15, 0.2) is 11.5 Å². The zero-order valence-electron chi connectivity index (χ0n) is 17.6. The third-order valence-electron chi connectivity index (χ3n) is 5.59. The molecule has 8 nitrogen and oxygen atoms in total. The van der Waals surface area contributed by atoms with E-state index in [1.807, 2.05) is 18.2 Å². The van der Waals surface area contributed by atoms with Gasteiger partial charge in [-0.2, -0.15) is 0 Å². The van der Waals surface area contributed by atoms with Crippen molar-refractivity contribution in [3.8, 4) is 11.5 Å². The Hall–Kier alpha value is -4.33. The van der Waals surface area contributed by atoms with E-state index < -0.39 is 18.0 Å². The third kappa shape index (κ3) is 4.10. The van der Waals surface area contributed by atoms with Crippen LogP contribution in [0.4, 0.5) is 16.2 Å². The van der Waals surface area contributed by atoms with Gasteiger partial charge in [0.1, 0.15) is 6.04 Å². The average molecular weight is 443 g/mol. The van der Waals surface area contributed by atoms with Crippen molar-refractivity contribution >= 4 is 29.2 Å². The SMILES string of the molecule is O=C1CC(N(Cc2ccc3c(c2)OCO3)C(=O)Nc2ccccc2)C(=O)N1c1ccccc1. The van der Waals surface area contributed by atoms with Crippen molar-refractivity contribution in [1.82, 2.24) is 4.90 Å². The van der Waals surface area contributed by atoms with Crippen molar-refractivity contribution in [2.45, 2.75) is 19.0 Å². The minimum absolute atomic E-state index is 0.0967. The predicted molar refractivity (Wildman–Crippen MR) is 121 cm³/mol. The summed E-state index contributed by atoms with van der Waals surface area (Å²) in [6, 6.07) is 21.6. The fourth-order valence-corrected chi connectivity index (χ4v) is 3.98. The van der Waals surface area contributed by atoms with Crippen LogP contribution in [0.5, 0.6) is 11.5 Å². The number of anilines is 2. The van der Waals surface area contributed by atoms with Gasteiger partial charge in [-0.25, -0.2) is 9.69 Å². The third-order valence-corrected chi connectivity index (χ3v) is 5.59. The molecule has 0 radical (unpaired) electrons. The summed E-state index contributed by atoms with van der Waals surface area (Å²) in [7, 11) is 0. The summed E-state index contributed by atoms with van der Waals surface area (Å²) in [5, 5.41) is 2.83. The molecule has 2 heterocycles. The van der Waals surface area contributed by atoms with Crippen molar-refractivity contribution in [2.24, 2.45) is 0 Å². The number of rotatable bonds is 5. The molecule has 0 saturated carbocycles. The van der Waals surface area contributed by atoms with Crippen LogP contribution in [0.1, 0.15) is 12.0 Å². The molecule has 1 N–H and O–H groups in total. The maximum absolute atomic E-state index is 13.3. The van der Waals surface area contributed by atoms with Crippen LogP contribution < -0.4 is 19.7 Å². The van der Waals surface area contributed by atoms with E-state index in [1.54, 1.807) is 60.7 Å². The summed E-state index contributed by atoms with van der Waals surface area (Å²) < 4.78 is 10.8. The first-order valence-electron chi connectivity index (χ1n) is 10.5. The normalized spacial score (nSPS) is 16.7. The molecule has 1 atom stereocenters. The number of hydrogen-bond acceptors (Lipinski definition) is 5. The molecule has 0 aromatic heterocycles. The Bertz CT molecular complexity index is 1200. The fourth-order valence-electron chi connectivity index (χ4n) is 3.98. The zero-order valence-corrected chi connectivity index (χ0v) is 17.6. The number of urea groups is 1. The largest absolute Gasteiger partial charge is 0.454 e. The fraction of sp³-hybridized carbons (Fsp3) is 0.160. The summed E-state index contributed by atoms with van der Waals surface area (Å²) in [5.41, 5.74) is 1.83. The molecule has 3 aromatic carbocycles. The highest BCUT2D eigenvalue weighted by atomic mass is 16.7. The molecule has 1 unspecified atom stereocenters. The molecule has 0 aliphatic carbocycles. The highest BCUT2D eigenvalue weighted by molar-refractivity contribution is 6.23. The quantitative estimate of drug-likeness (QED) is 0.607. The minimum atomic E-state index is -0.938. The smallest absolute Gasteiger partial charge is 0.322 e. The van der Waals surface area contributed by atoms with Crippen molar-refractivity contribution in [3.05, 3.63) is 84.4 Å². The van der Waals surface area contributed by atoms with Crippen LogP contribution in [-0.4, -0.2) is 35.6 Å². The van der Waals surface area contributed by atoms with Gasteiger partial charge >= 0.3 is 6.03 Å². The van der Waals surface area contributed by atoms with Gasteiger partial charge in [0.2, 0.25) is 12.7 Å². The molecular weight excluding hydrogens is 422 g/mol. The highest BCUT2D eigenvalue weighted by Crippen LogP contribution is 2.34. The van der Waals surface area contributed by atoms with Crippen LogP contribution in [0.15, 0.2) is 78.9 Å². The number of fused-ring (bicyclic) bond motifs is 1. The van der Waals surface area contributed by atoms with E-state index in [-0.39, 0.29) is 25.7 Å². The number of carbonyl (C=O) groups excluding carboxylic acids is 3. The lowest BCUT2D eigenvalue weighted by Crippen LogP contribution is -2.46. The second kappa shape index (κ2) is 8.66. The molecule has 4 amide bonds. The Labute approximate surface area is 190 Å². The van der Waals surface area contributed by atoms with Crippen LogP contribution in [-0.2, 0) is 16.1 Å². The average Bonchev–Trinajstić information content (AvgIpc) is 3.42. The standard InChI is InChI=1S/C25H21N3O5/c29-23-14-20(24(30)28(23)19-9-5-2-6-10-19)27(25(31)26-18-7-3-1-4-8-18)15-17-11-12-21-22(13-17)33-16-32-21/h1-13,20H,14-16H2,(H,26,31). The Morgan fingerprint density at radius 3 is 2.39 bits per heavy atom. The van der Waals surface area contributed by atoms with E-state index >= 15 is 0 Å². The minimum Gasteiger partial charge on any atom is -0.454 e. The molecular formula is C25H21N3O5. The predicted octanol–water partition coefficient (Wildman–Crippen LogP) is 3.78. The highest BCUT2D eigenvalue weighted by Gasteiger charge is 2.44. The van der Waals surface area contributed by atoms with Gasteiger partial charge in [-0.1, -0.05) is 42.5 Å². The molecule has 1 fully saturated rings. The number of ether oxygens (including phenoxy) is 2. The topological polar surface area (TPSA) is 88.2 Å². The number of nitrogens with one attached hydrogen (secondary N) is 1. The van der Waals surface area contributed by atoms with E-state index in [1.165, 1.54) is 4.90 Å². The first kappa shape index (κ1) is 20.6. The first-order valence-corrected chi connectivity index (χ1v) is 10.5. The van der Waals surface area contributed by atoms with Gasteiger partial charge in [-0.15, -0.1) is 0 Å². The van der Waals surface area contributed by atoms with E-state index in [9.17, 15) is 14.4 Å². The number of nitrogens with zero attached hydrogens (tertiary/aromatic N) is 2. The van der Waals surface area contributed by atoms with Gasteiger partial charge < -0.3 is 19.7 Å². The Kier molecular flexibility index (Phi) is 5.40. The maximum atomic E-state index is 13.3. The molecule has 166 valence electrons. The van der Waals surface area contributed by atoms with Gasteiger partial charge in [-0.05, 0) is 42.0 Å². The lowest BCUT2D eigenvalue weighted by molar-refractivity contribution is -0.122. The molecule has 3 aromatic rings. The van der Waals surface area contributed by atoms with Crippen LogP contribution in [0.2, 0.25) is 0 Å². The van der Waals surface area contributed by atoms with Crippen LogP contribution in [0.3, 0.4) is 0 Å². The lowest BCUT2D eigenvalue weighted by atomic mass is 10.1. The first-order chi connectivity index (χ1) is 16.1. The lowest BCUT2D eigenvalue weighted by Gasteiger charge is -2.28. The number of amides is 4. The van der Waals surface area contributed by atoms with Crippen molar-refractivity contribution in [2.75, 3.05) is 17.0 Å². The number of hydrogen-bond donors (Lipinski definition) is 1. The summed E-state index contributed by atoms with van der Waals surface area (Å²) in [5.74, 6) is 0.423. The number of para-hydroxylation sites is 2. The van der Waals surface area contributed by atoms with Gasteiger partial charge in [-0.3, -0.25) is 9.59 Å². The Morgan fingerprint density at radius 1 is 0.939 bits per heavy atom. The summed E-state index contributed by atoms with van der Waals surface area (Å²) in [6.45, 7) is 0.250. The van der Waals surface area contributed by atoms with Crippen molar-refractivity contribution in [3.63, 3.8) is 0 Å². The number of carbonyl (C=O) groups is 3. The Balaban J connectivity index is 1.45. The molecule has 1 saturated heterocycles.